The standard InChI is InChI=1S/C34H39ClF3N5O3/c35-30-21-27(6-7-29(30)31(44)42-18-12-28(22-42)43-19-13-39-23-43)40-14-8-24(9-15-40)20-25-10-16-41(17-11-25)32(45)33(46,34(36,37)38)26-4-2-1-3-5-26/h1-7,13,19,21,23-25,28,46H,8-12,14-18,20,22H2/t28?,33-/m1/s1. The van der Waals surface area contributed by atoms with Gasteiger partial charge in [-0.2, -0.15) is 13.2 Å². The molecule has 1 unspecified atom stereocenters. The molecule has 1 N–H and O–H groups in total. The number of rotatable bonds is 7. The molecule has 3 aliphatic heterocycles. The maximum Gasteiger partial charge on any atom is 0.430 e. The molecular formula is C34H39ClF3N5O3. The number of likely N-dealkylation sites (tertiary alicyclic amines) is 2. The van der Waals surface area contributed by atoms with Gasteiger partial charge in [-0.15, -0.1) is 0 Å². The first kappa shape index (κ1) is 32.4. The van der Waals surface area contributed by atoms with Crippen LogP contribution in [0.15, 0.2) is 67.3 Å². The third-order valence-corrected chi connectivity index (χ3v) is 10.4. The van der Waals surface area contributed by atoms with E-state index in [1.54, 1.807) is 18.6 Å². The van der Waals surface area contributed by atoms with E-state index >= 15 is 0 Å². The molecule has 3 aromatic rings. The minimum absolute atomic E-state index is 0.0613. The van der Waals surface area contributed by atoms with Gasteiger partial charge < -0.3 is 24.4 Å². The molecule has 8 nitrogen and oxygen atoms in total. The number of aromatic nitrogens is 2. The second kappa shape index (κ2) is 13.3. The molecule has 3 aliphatic rings. The monoisotopic (exact) mass is 657 g/mol. The van der Waals surface area contributed by atoms with E-state index in [1.165, 1.54) is 17.0 Å². The molecule has 0 saturated carbocycles. The maximum atomic E-state index is 14.0. The summed E-state index contributed by atoms with van der Waals surface area (Å²) in [5.41, 5.74) is -2.52. The van der Waals surface area contributed by atoms with Crippen LogP contribution in [-0.2, 0) is 10.4 Å². The molecule has 4 heterocycles. The largest absolute Gasteiger partial charge is 0.430 e. The van der Waals surface area contributed by atoms with Crippen LogP contribution in [0.1, 0.15) is 60.5 Å². The molecule has 2 aromatic carbocycles. The predicted octanol–water partition coefficient (Wildman–Crippen LogP) is 5.92. The van der Waals surface area contributed by atoms with Crippen LogP contribution in [0.25, 0.3) is 0 Å². The smallest absolute Gasteiger partial charge is 0.371 e. The minimum atomic E-state index is -5.13. The zero-order valence-corrected chi connectivity index (χ0v) is 26.3. The van der Waals surface area contributed by atoms with Crippen molar-refractivity contribution < 1.29 is 27.9 Å². The van der Waals surface area contributed by atoms with E-state index in [0.717, 1.165) is 56.6 Å². The zero-order valence-electron chi connectivity index (χ0n) is 25.6. The molecule has 2 amide bonds. The van der Waals surface area contributed by atoms with Gasteiger partial charge in [0.1, 0.15) is 0 Å². The third kappa shape index (κ3) is 6.49. The maximum absolute atomic E-state index is 14.0. The van der Waals surface area contributed by atoms with Gasteiger partial charge in [-0.05, 0) is 68.6 Å². The topological polar surface area (TPSA) is 81.9 Å². The molecule has 246 valence electrons. The van der Waals surface area contributed by atoms with E-state index in [4.69, 9.17) is 11.6 Å². The van der Waals surface area contributed by atoms with E-state index < -0.39 is 23.2 Å². The molecule has 3 fully saturated rings. The lowest BCUT2D eigenvalue weighted by atomic mass is 9.82. The van der Waals surface area contributed by atoms with Gasteiger partial charge >= 0.3 is 6.18 Å². The Morgan fingerprint density at radius 1 is 0.891 bits per heavy atom. The fourth-order valence-corrected chi connectivity index (χ4v) is 7.54. The van der Waals surface area contributed by atoms with Gasteiger partial charge in [0.25, 0.3) is 17.4 Å². The molecule has 0 radical (unpaired) electrons. The SMILES string of the molecule is O=C(c1ccc(N2CCC(CC3CCN(C(=O)[C@](O)(c4ccccc4)C(F)(F)F)CC3)CC2)cc1Cl)N1CCC(n2ccnc2)C1. The summed E-state index contributed by atoms with van der Waals surface area (Å²) in [6.07, 6.45) is 5.32. The number of benzene rings is 2. The van der Waals surface area contributed by atoms with E-state index in [2.05, 4.69) is 9.88 Å². The second-order valence-electron chi connectivity index (χ2n) is 12.8. The van der Waals surface area contributed by atoms with E-state index in [1.807, 2.05) is 33.9 Å². The molecule has 6 rings (SSSR count). The van der Waals surface area contributed by atoms with Gasteiger partial charge in [0.2, 0.25) is 0 Å². The van der Waals surface area contributed by atoms with Crippen molar-refractivity contribution in [1.82, 2.24) is 19.4 Å². The molecule has 12 heteroatoms. The number of imidazole rings is 1. The summed E-state index contributed by atoms with van der Waals surface area (Å²) in [4.78, 5) is 35.7. The van der Waals surface area contributed by atoms with Crippen LogP contribution in [0.3, 0.4) is 0 Å². The van der Waals surface area contributed by atoms with Crippen LogP contribution in [-0.4, -0.2) is 81.7 Å². The van der Waals surface area contributed by atoms with Crippen LogP contribution in [0.2, 0.25) is 5.02 Å². The highest BCUT2D eigenvalue weighted by molar-refractivity contribution is 6.34. The molecular weight excluding hydrogens is 619 g/mol. The van der Waals surface area contributed by atoms with Crippen molar-refractivity contribution in [1.29, 1.82) is 0 Å². The lowest BCUT2D eigenvalue weighted by molar-refractivity contribution is -0.262. The van der Waals surface area contributed by atoms with E-state index in [9.17, 15) is 27.9 Å². The van der Waals surface area contributed by atoms with E-state index in [0.29, 0.717) is 48.4 Å². The van der Waals surface area contributed by atoms with Crippen molar-refractivity contribution in [2.24, 2.45) is 11.8 Å². The third-order valence-electron chi connectivity index (χ3n) is 10.0. The Morgan fingerprint density at radius 2 is 1.54 bits per heavy atom. The molecule has 1 aromatic heterocycles. The molecule has 46 heavy (non-hydrogen) atoms. The number of hydrogen-bond donors (Lipinski definition) is 1. The quantitative estimate of drug-likeness (QED) is 0.341. The fourth-order valence-electron chi connectivity index (χ4n) is 7.29. The van der Waals surface area contributed by atoms with Gasteiger partial charge in [-0.25, -0.2) is 4.98 Å². The summed E-state index contributed by atoms with van der Waals surface area (Å²) in [5, 5.41) is 11.1. The molecule has 3 saturated heterocycles. The average molecular weight is 658 g/mol. The van der Waals surface area contributed by atoms with Crippen LogP contribution < -0.4 is 4.90 Å². The highest BCUT2D eigenvalue weighted by Gasteiger charge is 2.62. The Hall–Kier alpha value is -3.57. The summed E-state index contributed by atoms with van der Waals surface area (Å²) in [6.45, 7) is 3.38. The van der Waals surface area contributed by atoms with Crippen molar-refractivity contribution >= 4 is 29.1 Å². The second-order valence-corrected chi connectivity index (χ2v) is 13.3. The first-order valence-corrected chi connectivity index (χ1v) is 16.4. The van der Waals surface area contributed by atoms with Crippen molar-refractivity contribution in [3.63, 3.8) is 0 Å². The van der Waals surface area contributed by atoms with Crippen LogP contribution in [0.5, 0.6) is 0 Å². The van der Waals surface area contributed by atoms with Crippen LogP contribution in [0, 0.1) is 11.8 Å². The molecule has 0 spiro atoms. The van der Waals surface area contributed by atoms with Crippen LogP contribution in [0.4, 0.5) is 18.9 Å². The van der Waals surface area contributed by atoms with Gasteiger partial charge in [0, 0.05) is 62.9 Å². The van der Waals surface area contributed by atoms with Crippen LogP contribution >= 0.6 is 11.6 Å². The normalized spacial score (nSPS) is 21.4. The highest BCUT2D eigenvalue weighted by atomic mass is 35.5. The molecule has 0 aliphatic carbocycles. The number of piperidine rings is 2. The number of aliphatic hydroxyl groups is 1. The number of carbonyl (C=O) groups excluding carboxylic acids is 2. The zero-order chi connectivity index (χ0) is 32.5. The van der Waals surface area contributed by atoms with Crippen molar-refractivity contribution in [3.8, 4) is 0 Å². The lowest BCUT2D eigenvalue weighted by Gasteiger charge is -2.40. The molecule has 0 bridgehead atoms. The number of alkyl halides is 3. The molecule has 2 atom stereocenters. The van der Waals surface area contributed by atoms with Gasteiger partial charge in [0.05, 0.1) is 23.0 Å². The summed E-state index contributed by atoms with van der Waals surface area (Å²) in [6, 6.07) is 12.5. The Labute approximate surface area is 271 Å². The number of carbonyl (C=O) groups is 2. The Kier molecular flexibility index (Phi) is 9.34. The Morgan fingerprint density at radius 3 is 2.15 bits per heavy atom. The van der Waals surface area contributed by atoms with Gasteiger partial charge in [0.15, 0.2) is 0 Å². The summed E-state index contributed by atoms with van der Waals surface area (Å²) >= 11 is 6.64. The number of hydrogen-bond acceptors (Lipinski definition) is 5. The number of nitrogens with zero attached hydrogens (tertiary/aromatic N) is 5. The summed E-state index contributed by atoms with van der Waals surface area (Å²) in [7, 11) is 0. The van der Waals surface area contributed by atoms with Gasteiger partial charge in [-0.3, -0.25) is 9.59 Å². The summed E-state index contributed by atoms with van der Waals surface area (Å²) in [5.74, 6) is -0.568. The Bertz CT molecular complexity index is 1510. The number of amides is 2. The van der Waals surface area contributed by atoms with Crippen molar-refractivity contribution in [2.75, 3.05) is 44.2 Å². The predicted molar refractivity (Wildman–Crippen MR) is 168 cm³/mol. The number of anilines is 1. The highest BCUT2D eigenvalue weighted by Crippen LogP contribution is 2.42. The van der Waals surface area contributed by atoms with E-state index in [-0.39, 0.29) is 25.0 Å². The number of halogens is 4. The van der Waals surface area contributed by atoms with Gasteiger partial charge in [-0.1, -0.05) is 41.9 Å². The minimum Gasteiger partial charge on any atom is -0.371 e. The Balaban J connectivity index is 0.981. The van der Waals surface area contributed by atoms with Crippen molar-refractivity contribution in [2.45, 2.75) is 56.3 Å². The fraction of sp³-hybridized carbons (Fsp3) is 0.500. The first-order valence-electron chi connectivity index (χ1n) is 16.0. The summed E-state index contributed by atoms with van der Waals surface area (Å²) < 4.78 is 44.1. The lowest BCUT2D eigenvalue weighted by Crippen LogP contribution is -2.57. The van der Waals surface area contributed by atoms with Crippen molar-refractivity contribution in [3.05, 3.63) is 83.4 Å². The first-order chi connectivity index (χ1) is 22.0. The average Bonchev–Trinajstić information content (AvgIpc) is 3.78.